The number of para-hydroxylation sites is 1. The molecule has 3 unspecified atom stereocenters. The smallest absolute Gasteiger partial charge is 0.331 e. The predicted octanol–water partition coefficient (Wildman–Crippen LogP) is 3.73. The summed E-state index contributed by atoms with van der Waals surface area (Å²) in [5.74, 6) is 0.263. The van der Waals surface area contributed by atoms with Gasteiger partial charge in [-0.05, 0) is 30.4 Å². The van der Waals surface area contributed by atoms with Gasteiger partial charge in [0.15, 0.2) is 6.61 Å². The van der Waals surface area contributed by atoms with E-state index in [0.717, 1.165) is 29.3 Å². The highest BCUT2D eigenvalue weighted by Gasteiger charge is 2.28. The van der Waals surface area contributed by atoms with Gasteiger partial charge in [0.25, 0.3) is 5.91 Å². The van der Waals surface area contributed by atoms with Crippen molar-refractivity contribution in [1.29, 1.82) is 0 Å². The summed E-state index contributed by atoms with van der Waals surface area (Å²) in [5.41, 5.74) is 1.65. The van der Waals surface area contributed by atoms with Crippen LogP contribution < -0.4 is 5.32 Å². The maximum absolute atomic E-state index is 12.1. The summed E-state index contributed by atoms with van der Waals surface area (Å²) < 4.78 is 5.08. The number of fused-ring (bicyclic) bond motifs is 1. The Labute approximate surface area is 159 Å². The summed E-state index contributed by atoms with van der Waals surface area (Å²) in [4.78, 5) is 28.4. The molecule has 3 atom stereocenters. The SMILES string of the molecule is CC1CCCC(NC(=O)COC(=O)/C=C/c2cccc3cccnc23)C1C. The Balaban J connectivity index is 1.52. The zero-order valence-electron chi connectivity index (χ0n) is 15.9. The van der Waals surface area contributed by atoms with Gasteiger partial charge >= 0.3 is 5.97 Å². The Morgan fingerprint density at radius 1 is 1.22 bits per heavy atom. The fraction of sp³-hybridized carbons (Fsp3) is 0.409. The van der Waals surface area contributed by atoms with E-state index in [-0.39, 0.29) is 18.6 Å². The highest BCUT2D eigenvalue weighted by Crippen LogP contribution is 2.29. The lowest BCUT2D eigenvalue weighted by Gasteiger charge is -2.34. The van der Waals surface area contributed by atoms with Crippen molar-refractivity contribution in [1.82, 2.24) is 10.3 Å². The van der Waals surface area contributed by atoms with Crippen LogP contribution in [0.4, 0.5) is 0 Å². The Hall–Kier alpha value is -2.69. The number of esters is 1. The molecule has 0 bridgehead atoms. The molecular weight excluding hydrogens is 340 g/mol. The van der Waals surface area contributed by atoms with E-state index >= 15 is 0 Å². The number of pyridine rings is 1. The third kappa shape index (κ3) is 4.94. The summed E-state index contributed by atoms with van der Waals surface area (Å²) in [6.07, 6.45) is 8.03. The van der Waals surface area contributed by atoms with Crippen molar-refractivity contribution in [3.05, 3.63) is 48.2 Å². The molecule has 1 aromatic carbocycles. The summed E-state index contributed by atoms with van der Waals surface area (Å²) in [6.45, 7) is 4.13. The highest BCUT2D eigenvalue weighted by atomic mass is 16.5. The number of carbonyl (C=O) groups is 2. The third-order valence-electron chi connectivity index (χ3n) is 5.46. The van der Waals surface area contributed by atoms with Gasteiger partial charge in [0.05, 0.1) is 5.52 Å². The first-order valence-electron chi connectivity index (χ1n) is 9.52. The van der Waals surface area contributed by atoms with Crippen LogP contribution in [0.5, 0.6) is 0 Å². The molecule has 0 aliphatic heterocycles. The van der Waals surface area contributed by atoms with Gasteiger partial charge < -0.3 is 10.1 Å². The van der Waals surface area contributed by atoms with Crippen LogP contribution in [0.3, 0.4) is 0 Å². The average Bonchev–Trinajstić information content (AvgIpc) is 2.68. The molecule has 5 nitrogen and oxygen atoms in total. The second-order valence-corrected chi connectivity index (χ2v) is 7.30. The van der Waals surface area contributed by atoms with Crippen molar-refractivity contribution in [2.45, 2.75) is 39.2 Å². The molecule has 1 aliphatic rings. The lowest BCUT2D eigenvalue weighted by Crippen LogP contribution is -2.45. The monoisotopic (exact) mass is 366 g/mol. The van der Waals surface area contributed by atoms with Gasteiger partial charge in [-0.3, -0.25) is 9.78 Å². The fourth-order valence-corrected chi connectivity index (χ4v) is 3.64. The van der Waals surface area contributed by atoms with E-state index in [1.807, 2.05) is 30.3 Å². The van der Waals surface area contributed by atoms with Crippen LogP contribution in [0, 0.1) is 11.8 Å². The van der Waals surface area contributed by atoms with Gasteiger partial charge in [0.1, 0.15) is 0 Å². The van der Waals surface area contributed by atoms with E-state index in [1.165, 1.54) is 12.5 Å². The molecule has 1 heterocycles. The van der Waals surface area contributed by atoms with Crippen LogP contribution in [-0.2, 0) is 14.3 Å². The van der Waals surface area contributed by atoms with Crippen LogP contribution in [0.1, 0.15) is 38.7 Å². The van der Waals surface area contributed by atoms with Crippen LogP contribution in [0.25, 0.3) is 17.0 Å². The molecule has 5 heteroatoms. The lowest BCUT2D eigenvalue weighted by molar-refractivity contribution is -0.144. The zero-order valence-corrected chi connectivity index (χ0v) is 15.9. The molecule has 0 saturated heterocycles. The van der Waals surface area contributed by atoms with Gasteiger partial charge in [-0.25, -0.2) is 4.79 Å². The van der Waals surface area contributed by atoms with Gasteiger partial charge in [0.2, 0.25) is 0 Å². The van der Waals surface area contributed by atoms with Crippen molar-refractivity contribution in [2.24, 2.45) is 11.8 Å². The summed E-state index contributed by atoms with van der Waals surface area (Å²) in [5, 5.41) is 4.01. The van der Waals surface area contributed by atoms with E-state index in [4.69, 9.17) is 4.74 Å². The second kappa shape index (κ2) is 8.80. The molecule has 1 fully saturated rings. The number of hydrogen-bond acceptors (Lipinski definition) is 4. The Bertz CT molecular complexity index is 841. The number of nitrogens with zero attached hydrogens (tertiary/aromatic N) is 1. The standard InChI is InChI=1S/C22H26N2O3/c1-15-6-3-10-19(16(15)2)24-20(25)14-27-21(26)12-11-18-8-4-7-17-9-5-13-23-22(17)18/h4-5,7-9,11-13,15-16,19H,3,6,10,14H2,1-2H3,(H,24,25)/b12-11+. The van der Waals surface area contributed by atoms with Crippen molar-refractivity contribution in [3.63, 3.8) is 0 Å². The Morgan fingerprint density at radius 2 is 2.04 bits per heavy atom. The number of hydrogen-bond donors (Lipinski definition) is 1. The molecule has 0 spiro atoms. The normalized spacial score (nSPS) is 22.7. The number of ether oxygens (including phenoxy) is 1. The Kier molecular flexibility index (Phi) is 6.22. The van der Waals surface area contributed by atoms with Gasteiger partial charge in [-0.1, -0.05) is 51.0 Å². The van der Waals surface area contributed by atoms with E-state index in [0.29, 0.717) is 11.8 Å². The average molecular weight is 366 g/mol. The van der Waals surface area contributed by atoms with E-state index in [1.54, 1.807) is 12.3 Å². The largest absolute Gasteiger partial charge is 0.452 e. The van der Waals surface area contributed by atoms with Gasteiger partial charge in [0, 0.05) is 29.3 Å². The number of rotatable bonds is 5. The van der Waals surface area contributed by atoms with Gasteiger partial charge in [-0.15, -0.1) is 0 Å². The molecule has 1 saturated carbocycles. The first kappa shape index (κ1) is 19.1. The number of carbonyl (C=O) groups excluding carboxylic acids is 2. The molecule has 142 valence electrons. The molecular formula is C22H26N2O3. The molecule has 1 N–H and O–H groups in total. The van der Waals surface area contributed by atoms with Gasteiger partial charge in [-0.2, -0.15) is 0 Å². The molecule has 1 aliphatic carbocycles. The molecule has 1 aromatic heterocycles. The minimum atomic E-state index is -0.539. The minimum Gasteiger partial charge on any atom is -0.452 e. The number of aromatic nitrogens is 1. The van der Waals surface area contributed by atoms with Crippen LogP contribution in [0.15, 0.2) is 42.6 Å². The molecule has 3 rings (SSSR count). The second-order valence-electron chi connectivity index (χ2n) is 7.30. The zero-order chi connectivity index (χ0) is 19.2. The molecule has 27 heavy (non-hydrogen) atoms. The van der Waals surface area contributed by atoms with Crippen LogP contribution in [-0.4, -0.2) is 29.5 Å². The molecule has 2 aromatic rings. The van der Waals surface area contributed by atoms with E-state index in [9.17, 15) is 9.59 Å². The topological polar surface area (TPSA) is 68.3 Å². The molecule has 0 radical (unpaired) electrons. The van der Waals surface area contributed by atoms with Crippen LogP contribution in [0.2, 0.25) is 0 Å². The third-order valence-corrected chi connectivity index (χ3v) is 5.46. The van der Waals surface area contributed by atoms with Crippen molar-refractivity contribution >= 4 is 28.9 Å². The summed E-state index contributed by atoms with van der Waals surface area (Å²) in [6, 6.07) is 9.77. The first-order chi connectivity index (χ1) is 13.0. The fourth-order valence-electron chi connectivity index (χ4n) is 3.64. The first-order valence-corrected chi connectivity index (χ1v) is 9.52. The highest BCUT2D eigenvalue weighted by molar-refractivity contribution is 5.93. The van der Waals surface area contributed by atoms with Crippen LogP contribution >= 0.6 is 0 Å². The lowest BCUT2D eigenvalue weighted by atomic mass is 9.78. The van der Waals surface area contributed by atoms with Crippen molar-refractivity contribution in [3.8, 4) is 0 Å². The number of nitrogens with one attached hydrogen (secondary N) is 1. The summed E-state index contributed by atoms with van der Waals surface area (Å²) >= 11 is 0. The Morgan fingerprint density at radius 3 is 2.89 bits per heavy atom. The maximum atomic E-state index is 12.1. The maximum Gasteiger partial charge on any atom is 0.331 e. The quantitative estimate of drug-likeness (QED) is 0.647. The predicted molar refractivity (Wildman–Crippen MR) is 106 cm³/mol. The van der Waals surface area contributed by atoms with E-state index < -0.39 is 5.97 Å². The number of benzene rings is 1. The van der Waals surface area contributed by atoms with Crippen molar-refractivity contribution < 1.29 is 14.3 Å². The number of amides is 1. The van der Waals surface area contributed by atoms with E-state index in [2.05, 4.69) is 24.1 Å². The van der Waals surface area contributed by atoms with Crippen molar-refractivity contribution in [2.75, 3.05) is 6.61 Å². The minimum absolute atomic E-state index is 0.164. The molecule has 1 amide bonds. The summed E-state index contributed by atoms with van der Waals surface area (Å²) in [7, 11) is 0.